The summed E-state index contributed by atoms with van der Waals surface area (Å²) < 4.78 is 5.69. The molecule has 21 heavy (non-hydrogen) atoms. The van der Waals surface area contributed by atoms with Crippen LogP contribution in [0.4, 0.5) is 5.69 Å². The zero-order chi connectivity index (χ0) is 15.4. The number of aliphatic hydroxyl groups excluding tert-OH is 1. The van der Waals surface area contributed by atoms with Crippen molar-refractivity contribution in [2.24, 2.45) is 0 Å². The van der Waals surface area contributed by atoms with E-state index in [9.17, 15) is 15.2 Å². The predicted octanol–water partition coefficient (Wildman–Crippen LogP) is 3.54. The van der Waals surface area contributed by atoms with Gasteiger partial charge >= 0.3 is 0 Å². The molecule has 0 fully saturated rings. The van der Waals surface area contributed by atoms with E-state index in [1.54, 1.807) is 25.1 Å². The summed E-state index contributed by atoms with van der Waals surface area (Å²) in [6, 6.07) is 11.9. The number of nitrogens with zero attached hydrogens (tertiary/aromatic N) is 1. The maximum absolute atomic E-state index is 10.7. The number of non-ortho nitro benzene ring substituents is 1. The lowest BCUT2D eigenvalue weighted by atomic mass is 10.1. The number of nitro groups is 1. The summed E-state index contributed by atoms with van der Waals surface area (Å²) in [7, 11) is 0. The van der Waals surface area contributed by atoms with Crippen LogP contribution in [0.1, 0.15) is 29.7 Å². The van der Waals surface area contributed by atoms with E-state index in [4.69, 9.17) is 4.74 Å². The SMILES string of the molecule is Cc1ccc(OCc2cccc([N+](=O)[O-])c2)c([C@@H](C)O)c1. The van der Waals surface area contributed by atoms with Crippen molar-refractivity contribution in [2.75, 3.05) is 0 Å². The minimum absolute atomic E-state index is 0.0377. The molecule has 0 unspecified atom stereocenters. The van der Waals surface area contributed by atoms with E-state index < -0.39 is 11.0 Å². The molecular formula is C16H17NO4. The summed E-state index contributed by atoms with van der Waals surface area (Å²) in [5.74, 6) is 0.585. The first-order valence-electron chi connectivity index (χ1n) is 6.62. The average molecular weight is 287 g/mol. The maximum Gasteiger partial charge on any atom is 0.269 e. The van der Waals surface area contributed by atoms with Crippen LogP contribution < -0.4 is 4.74 Å². The van der Waals surface area contributed by atoms with Crippen LogP contribution in [0.15, 0.2) is 42.5 Å². The van der Waals surface area contributed by atoms with Crippen LogP contribution in [0.5, 0.6) is 5.75 Å². The van der Waals surface area contributed by atoms with Crippen LogP contribution in [0.2, 0.25) is 0 Å². The molecule has 5 heteroatoms. The number of aryl methyl sites for hydroxylation is 1. The number of hydrogen-bond acceptors (Lipinski definition) is 4. The Kier molecular flexibility index (Phi) is 4.55. The molecule has 1 N–H and O–H groups in total. The largest absolute Gasteiger partial charge is 0.489 e. The molecule has 0 radical (unpaired) electrons. The zero-order valence-corrected chi connectivity index (χ0v) is 11.9. The normalized spacial score (nSPS) is 12.0. The molecule has 0 amide bonds. The molecule has 0 heterocycles. The fraction of sp³-hybridized carbons (Fsp3) is 0.250. The van der Waals surface area contributed by atoms with E-state index in [2.05, 4.69) is 0 Å². The Balaban J connectivity index is 2.16. The molecule has 0 saturated heterocycles. The van der Waals surface area contributed by atoms with Crippen LogP contribution >= 0.6 is 0 Å². The van der Waals surface area contributed by atoms with E-state index in [0.29, 0.717) is 16.9 Å². The minimum Gasteiger partial charge on any atom is -0.489 e. The molecule has 2 aromatic rings. The average Bonchev–Trinajstić information content (AvgIpc) is 2.46. The maximum atomic E-state index is 10.7. The van der Waals surface area contributed by atoms with Gasteiger partial charge in [0.15, 0.2) is 0 Å². The molecule has 0 saturated carbocycles. The highest BCUT2D eigenvalue weighted by Crippen LogP contribution is 2.27. The van der Waals surface area contributed by atoms with Gasteiger partial charge in [0.25, 0.3) is 5.69 Å². The van der Waals surface area contributed by atoms with E-state index >= 15 is 0 Å². The number of aliphatic hydroxyl groups is 1. The van der Waals surface area contributed by atoms with Crippen molar-refractivity contribution < 1.29 is 14.8 Å². The van der Waals surface area contributed by atoms with Crippen molar-refractivity contribution in [3.8, 4) is 5.75 Å². The first-order valence-corrected chi connectivity index (χ1v) is 6.62. The van der Waals surface area contributed by atoms with Gasteiger partial charge in [0.05, 0.1) is 11.0 Å². The molecular weight excluding hydrogens is 270 g/mol. The monoisotopic (exact) mass is 287 g/mol. The van der Waals surface area contributed by atoms with Gasteiger partial charge in [-0.15, -0.1) is 0 Å². The van der Waals surface area contributed by atoms with Crippen molar-refractivity contribution in [3.63, 3.8) is 0 Å². The van der Waals surface area contributed by atoms with Gasteiger partial charge in [0.1, 0.15) is 12.4 Å². The van der Waals surface area contributed by atoms with E-state index in [1.165, 1.54) is 12.1 Å². The molecule has 0 aliphatic heterocycles. The molecule has 0 spiro atoms. The Morgan fingerprint density at radius 3 is 2.71 bits per heavy atom. The highest BCUT2D eigenvalue weighted by Gasteiger charge is 2.11. The summed E-state index contributed by atoms with van der Waals surface area (Å²) in [5, 5.41) is 20.5. The van der Waals surface area contributed by atoms with Crippen LogP contribution in [0.25, 0.3) is 0 Å². The van der Waals surface area contributed by atoms with E-state index in [-0.39, 0.29) is 12.3 Å². The standard InChI is InChI=1S/C16H17NO4/c1-11-6-7-16(15(8-11)12(2)18)21-10-13-4-3-5-14(9-13)17(19)20/h3-9,12,18H,10H2,1-2H3/t12-/m1/s1. The number of hydrogen-bond donors (Lipinski definition) is 1. The van der Waals surface area contributed by atoms with Crippen LogP contribution in [0, 0.1) is 17.0 Å². The van der Waals surface area contributed by atoms with E-state index in [0.717, 1.165) is 5.56 Å². The lowest BCUT2D eigenvalue weighted by Gasteiger charge is -2.14. The van der Waals surface area contributed by atoms with Crippen molar-refractivity contribution in [1.29, 1.82) is 0 Å². The third-order valence-corrected chi connectivity index (χ3v) is 3.13. The highest BCUT2D eigenvalue weighted by molar-refractivity contribution is 5.39. The second-order valence-electron chi connectivity index (χ2n) is 4.93. The van der Waals surface area contributed by atoms with Crippen LogP contribution in [0.3, 0.4) is 0 Å². The van der Waals surface area contributed by atoms with Gasteiger partial charge in [-0.05, 0) is 31.5 Å². The Bertz CT molecular complexity index is 652. The minimum atomic E-state index is -0.634. The Labute approximate surface area is 123 Å². The number of nitro benzene ring substituents is 1. The smallest absolute Gasteiger partial charge is 0.269 e. The third-order valence-electron chi connectivity index (χ3n) is 3.13. The van der Waals surface area contributed by atoms with Crippen LogP contribution in [-0.4, -0.2) is 10.0 Å². The first-order chi connectivity index (χ1) is 9.97. The lowest BCUT2D eigenvalue weighted by Crippen LogP contribution is -2.02. The van der Waals surface area contributed by atoms with Crippen molar-refractivity contribution in [3.05, 3.63) is 69.3 Å². The second kappa shape index (κ2) is 6.37. The number of ether oxygens (including phenoxy) is 1. The van der Waals surface area contributed by atoms with Gasteiger partial charge in [-0.3, -0.25) is 10.1 Å². The van der Waals surface area contributed by atoms with Crippen molar-refractivity contribution in [2.45, 2.75) is 26.6 Å². The van der Waals surface area contributed by atoms with Gasteiger partial charge in [0.2, 0.25) is 0 Å². The summed E-state index contributed by atoms with van der Waals surface area (Å²) in [5.41, 5.74) is 2.49. The summed E-state index contributed by atoms with van der Waals surface area (Å²) in [4.78, 5) is 10.3. The van der Waals surface area contributed by atoms with Crippen molar-refractivity contribution >= 4 is 5.69 Å². The molecule has 110 valence electrons. The third kappa shape index (κ3) is 3.79. The zero-order valence-electron chi connectivity index (χ0n) is 11.9. The Morgan fingerprint density at radius 2 is 2.05 bits per heavy atom. The lowest BCUT2D eigenvalue weighted by molar-refractivity contribution is -0.384. The molecule has 5 nitrogen and oxygen atoms in total. The van der Waals surface area contributed by atoms with E-state index in [1.807, 2.05) is 19.1 Å². The first kappa shape index (κ1) is 15.0. The Morgan fingerprint density at radius 1 is 1.29 bits per heavy atom. The fourth-order valence-electron chi connectivity index (χ4n) is 2.05. The molecule has 0 aromatic heterocycles. The molecule has 2 aromatic carbocycles. The number of rotatable bonds is 5. The molecule has 2 rings (SSSR count). The van der Waals surface area contributed by atoms with Crippen LogP contribution in [-0.2, 0) is 6.61 Å². The van der Waals surface area contributed by atoms with Gasteiger partial charge < -0.3 is 9.84 Å². The molecule has 0 aliphatic rings. The Hall–Kier alpha value is -2.40. The molecule has 0 aliphatic carbocycles. The topological polar surface area (TPSA) is 72.6 Å². The fourth-order valence-corrected chi connectivity index (χ4v) is 2.05. The predicted molar refractivity (Wildman–Crippen MR) is 79.2 cm³/mol. The highest BCUT2D eigenvalue weighted by atomic mass is 16.6. The summed E-state index contributed by atoms with van der Waals surface area (Å²) in [6.45, 7) is 3.83. The number of benzene rings is 2. The van der Waals surface area contributed by atoms with Gasteiger partial charge in [0, 0.05) is 17.7 Å². The van der Waals surface area contributed by atoms with Gasteiger partial charge in [-0.1, -0.05) is 23.8 Å². The van der Waals surface area contributed by atoms with Crippen molar-refractivity contribution in [1.82, 2.24) is 0 Å². The summed E-state index contributed by atoms with van der Waals surface area (Å²) >= 11 is 0. The van der Waals surface area contributed by atoms with Gasteiger partial charge in [-0.2, -0.15) is 0 Å². The van der Waals surface area contributed by atoms with Gasteiger partial charge in [-0.25, -0.2) is 0 Å². The molecule has 0 bridgehead atoms. The quantitative estimate of drug-likeness (QED) is 0.674. The molecule has 1 atom stereocenters. The summed E-state index contributed by atoms with van der Waals surface area (Å²) in [6.07, 6.45) is -0.634. The second-order valence-corrected chi connectivity index (χ2v) is 4.93.